The van der Waals surface area contributed by atoms with Crippen LogP contribution in [0.3, 0.4) is 0 Å². The smallest absolute Gasteiger partial charge is 0.307 e. The van der Waals surface area contributed by atoms with E-state index >= 15 is 0 Å². The normalized spacial score (nSPS) is 10.4. The molecule has 0 aliphatic heterocycles. The molecule has 2 aromatic carbocycles. The number of methoxy groups -OCH3 is 1. The van der Waals surface area contributed by atoms with Crippen LogP contribution < -0.4 is 0 Å². The molecule has 0 unspecified atom stereocenters. The molecule has 132 valence electrons. The molecule has 0 spiro atoms. The van der Waals surface area contributed by atoms with Gasteiger partial charge in [-0.3, -0.25) is 9.59 Å². The molecule has 4 nitrogen and oxygen atoms in total. The van der Waals surface area contributed by atoms with Gasteiger partial charge in [0.2, 0.25) is 5.91 Å². The van der Waals surface area contributed by atoms with Crippen LogP contribution in [0.25, 0.3) is 0 Å². The van der Waals surface area contributed by atoms with Crippen molar-refractivity contribution in [3.05, 3.63) is 70.5 Å². The average Bonchev–Trinajstić information content (AvgIpc) is 2.61. The van der Waals surface area contributed by atoms with Crippen molar-refractivity contribution in [3.8, 4) is 0 Å². The van der Waals surface area contributed by atoms with Gasteiger partial charge in [0.15, 0.2) is 0 Å². The van der Waals surface area contributed by atoms with E-state index in [9.17, 15) is 14.0 Å². The molecule has 0 saturated heterocycles. The van der Waals surface area contributed by atoms with Crippen molar-refractivity contribution < 1.29 is 18.7 Å². The number of rotatable bonds is 7. The van der Waals surface area contributed by atoms with E-state index in [2.05, 4.69) is 4.74 Å². The third-order valence-corrected chi connectivity index (χ3v) is 3.97. The van der Waals surface area contributed by atoms with E-state index in [1.807, 2.05) is 0 Å². The summed E-state index contributed by atoms with van der Waals surface area (Å²) in [6, 6.07) is 13.0. The van der Waals surface area contributed by atoms with Crippen LogP contribution >= 0.6 is 11.6 Å². The molecule has 0 N–H and O–H groups in total. The minimum Gasteiger partial charge on any atom is -0.469 e. The molecule has 25 heavy (non-hydrogen) atoms. The molecule has 0 saturated carbocycles. The molecule has 6 heteroatoms. The number of carbonyl (C=O) groups is 2. The van der Waals surface area contributed by atoms with Gasteiger partial charge in [-0.2, -0.15) is 0 Å². The lowest BCUT2D eigenvalue weighted by Crippen LogP contribution is -2.34. The van der Waals surface area contributed by atoms with Crippen LogP contribution in [0.15, 0.2) is 48.5 Å². The molecular weight excluding hydrogens is 345 g/mol. The van der Waals surface area contributed by atoms with Crippen molar-refractivity contribution in [2.24, 2.45) is 0 Å². The fourth-order valence-electron chi connectivity index (χ4n) is 2.32. The second-order valence-electron chi connectivity index (χ2n) is 5.57. The predicted octanol–water partition coefficient (Wildman–Crippen LogP) is 3.61. The molecule has 0 aliphatic carbocycles. The number of amides is 1. The lowest BCUT2D eigenvalue weighted by atomic mass is 10.1. The first-order valence-corrected chi connectivity index (χ1v) is 8.19. The van der Waals surface area contributed by atoms with E-state index in [0.717, 1.165) is 11.1 Å². The Labute approximate surface area is 151 Å². The summed E-state index contributed by atoms with van der Waals surface area (Å²) < 4.78 is 17.7. The van der Waals surface area contributed by atoms with Crippen molar-refractivity contribution in [1.29, 1.82) is 0 Å². The van der Waals surface area contributed by atoms with Crippen molar-refractivity contribution in [3.63, 3.8) is 0 Å². The van der Waals surface area contributed by atoms with Crippen LogP contribution in [0, 0.1) is 5.82 Å². The van der Waals surface area contributed by atoms with Gasteiger partial charge in [0, 0.05) is 18.1 Å². The number of nitrogens with zero attached hydrogens (tertiary/aromatic N) is 1. The van der Waals surface area contributed by atoms with Gasteiger partial charge < -0.3 is 9.64 Å². The van der Waals surface area contributed by atoms with Crippen LogP contribution in [0.4, 0.5) is 4.39 Å². The monoisotopic (exact) mass is 363 g/mol. The standard InChI is InChI=1S/C19H19ClFNO3/c1-25-19(24)10-11-22(13-15-4-8-17(21)9-5-15)18(23)12-14-2-6-16(20)7-3-14/h2-9H,10-13H2,1H3. The molecular formula is C19H19ClFNO3. The summed E-state index contributed by atoms with van der Waals surface area (Å²) in [5.74, 6) is -0.851. The molecule has 0 aromatic heterocycles. The minimum absolute atomic E-state index is 0.101. The van der Waals surface area contributed by atoms with E-state index < -0.39 is 0 Å². The highest BCUT2D eigenvalue weighted by atomic mass is 35.5. The van der Waals surface area contributed by atoms with Crippen molar-refractivity contribution in [2.75, 3.05) is 13.7 Å². The van der Waals surface area contributed by atoms with Gasteiger partial charge >= 0.3 is 5.97 Å². The predicted molar refractivity (Wildman–Crippen MR) is 93.6 cm³/mol. The van der Waals surface area contributed by atoms with E-state index in [1.165, 1.54) is 19.2 Å². The summed E-state index contributed by atoms with van der Waals surface area (Å²) in [5.41, 5.74) is 1.62. The van der Waals surface area contributed by atoms with Crippen LogP contribution in [-0.2, 0) is 27.3 Å². The van der Waals surface area contributed by atoms with Crippen LogP contribution in [0.1, 0.15) is 17.5 Å². The largest absolute Gasteiger partial charge is 0.469 e. The molecule has 0 atom stereocenters. The molecule has 2 rings (SSSR count). The number of benzene rings is 2. The Balaban J connectivity index is 2.08. The number of carbonyl (C=O) groups excluding carboxylic acids is 2. The highest BCUT2D eigenvalue weighted by Crippen LogP contribution is 2.13. The Kier molecular flexibility index (Phi) is 6.95. The maximum Gasteiger partial charge on any atom is 0.307 e. The second-order valence-corrected chi connectivity index (χ2v) is 6.01. The average molecular weight is 364 g/mol. The Morgan fingerprint density at radius 3 is 2.24 bits per heavy atom. The Morgan fingerprint density at radius 2 is 1.64 bits per heavy atom. The zero-order valence-electron chi connectivity index (χ0n) is 13.9. The van der Waals surface area contributed by atoms with Gasteiger partial charge in [0.05, 0.1) is 20.0 Å². The SMILES string of the molecule is COC(=O)CCN(Cc1ccc(F)cc1)C(=O)Cc1ccc(Cl)cc1. The van der Waals surface area contributed by atoms with Gasteiger partial charge in [-0.05, 0) is 35.4 Å². The number of esters is 1. The molecule has 0 bridgehead atoms. The number of ether oxygens (including phenoxy) is 1. The molecule has 1 amide bonds. The summed E-state index contributed by atoms with van der Waals surface area (Å²) in [6.45, 7) is 0.528. The summed E-state index contributed by atoms with van der Waals surface area (Å²) in [5, 5.41) is 0.602. The molecule has 0 fully saturated rings. The van der Waals surface area contributed by atoms with Crippen LogP contribution in [0.2, 0.25) is 5.02 Å². The van der Waals surface area contributed by atoms with E-state index in [1.54, 1.807) is 41.3 Å². The second kappa shape index (κ2) is 9.18. The fraction of sp³-hybridized carbons (Fsp3) is 0.263. The first-order chi connectivity index (χ1) is 12.0. The zero-order chi connectivity index (χ0) is 18.2. The topological polar surface area (TPSA) is 46.6 Å². The molecule has 0 heterocycles. The highest BCUT2D eigenvalue weighted by Gasteiger charge is 2.16. The fourth-order valence-corrected chi connectivity index (χ4v) is 2.45. The van der Waals surface area contributed by atoms with Crippen molar-refractivity contribution >= 4 is 23.5 Å². The van der Waals surface area contributed by atoms with Crippen molar-refractivity contribution in [1.82, 2.24) is 4.90 Å². The third kappa shape index (κ3) is 6.19. The zero-order valence-corrected chi connectivity index (χ0v) is 14.6. The summed E-state index contributed by atoms with van der Waals surface area (Å²) >= 11 is 5.85. The number of halogens is 2. The lowest BCUT2D eigenvalue weighted by Gasteiger charge is -2.22. The van der Waals surface area contributed by atoms with Gasteiger partial charge in [0.25, 0.3) is 0 Å². The Hall–Kier alpha value is -2.40. The van der Waals surface area contributed by atoms with E-state index in [0.29, 0.717) is 11.6 Å². The maximum absolute atomic E-state index is 13.0. The molecule has 0 aliphatic rings. The Morgan fingerprint density at radius 1 is 1.04 bits per heavy atom. The first-order valence-electron chi connectivity index (χ1n) is 7.81. The van der Waals surface area contributed by atoms with Crippen LogP contribution in [-0.4, -0.2) is 30.4 Å². The molecule has 0 radical (unpaired) electrons. The van der Waals surface area contributed by atoms with E-state index in [-0.39, 0.29) is 37.1 Å². The highest BCUT2D eigenvalue weighted by molar-refractivity contribution is 6.30. The Bertz CT molecular complexity index is 716. The molecule has 2 aromatic rings. The third-order valence-electron chi connectivity index (χ3n) is 3.72. The van der Waals surface area contributed by atoms with Gasteiger partial charge in [-0.25, -0.2) is 4.39 Å². The summed E-state index contributed by atoms with van der Waals surface area (Å²) in [4.78, 5) is 25.6. The number of hydrogen-bond acceptors (Lipinski definition) is 3. The van der Waals surface area contributed by atoms with Gasteiger partial charge in [0.1, 0.15) is 5.82 Å². The summed E-state index contributed by atoms with van der Waals surface area (Å²) in [7, 11) is 1.31. The van der Waals surface area contributed by atoms with Gasteiger partial charge in [-0.1, -0.05) is 35.9 Å². The summed E-state index contributed by atoms with van der Waals surface area (Å²) in [6.07, 6.45) is 0.295. The van der Waals surface area contributed by atoms with E-state index in [4.69, 9.17) is 11.6 Å². The maximum atomic E-state index is 13.0. The minimum atomic E-state index is -0.386. The van der Waals surface area contributed by atoms with Crippen LogP contribution in [0.5, 0.6) is 0 Å². The van der Waals surface area contributed by atoms with Crippen molar-refractivity contribution in [2.45, 2.75) is 19.4 Å². The number of hydrogen-bond donors (Lipinski definition) is 0. The quantitative estimate of drug-likeness (QED) is 0.706. The first kappa shape index (κ1) is 18.9. The van der Waals surface area contributed by atoms with Gasteiger partial charge in [-0.15, -0.1) is 0 Å². The lowest BCUT2D eigenvalue weighted by molar-refractivity contribution is -0.141.